The maximum Gasteiger partial charge on any atom is 0.251 e. The molecule has 2 aliphatic rings. The van der Waals surface area contributed by atoms with Crippen molar-refractivity contribution in [3.8, 4) is 0 Å². The zero-order valence-corrected chi connectivity index (χ0v) is 21.8. The lowest BCUT2D eigenvalue weighted by Gasteiger charge is -2.32. The van der Waals surface area contributed by atoms with Gasteiger partial charge in [0.2, 0.25) is 0 Å². The van der Waals surface area contributed by atoms with E-state index >= 15 is 0 Å². The minimum Gasteiger partial charge on any atom is -0.349 e. The molecule has 194 valence electrons. The second-order valence-corrected chi connectivity index (χ2v) is 10.6. The highest BCUT2D eigenvalue weighted by Crippen LogP contribution is 2.16. The Hall–Kier alpha value is -2.99. The molecule has 3 aromatic rings. The van der Waals surface area contributed by atoms with Crippen LogP contribution in [-0.4, -0.2) is 54.0 Å². The van der Waals surface area contributed by atoms with Crippen molar-refractivity contribution < 1.29 is 4.79 Å². The predicted octanol–water partition coefficient (Wildman–Crippen LogP) is 4.84. The number of nitrogens with zero attached hydrogens (tertiary/aromatic N) is 2. The van der Waals surface area contributed by atoms with E-state index in [1.54, 1.807) is 0 Å². The van der Waals surface area contributed by atoms with Crippen molar-refractivity contribution in [2.24, 2.45) is 0 Å². The second kappa shape index (κ2) is 13.0. The highest BCUT2D eigenvalue weighted by atomic mass is 16.1. The van der Waals surface area contributed by atoms with E-state index in [1.807, 2.05) is 12.1 Å². The average Bonchev–Trinajstić information content (AvgIpc) is 2.95. The lowest BCUT2D eigenvalue weighted by atomic mass is 10.0. The van der Waals surface area contributed by atoms with Gasteiger partial charge in [-0.05, 0) is 67.6 Å². The molecule has 5 rings (SSSR count). The Bertz CT molecular complexity index is 1090. The van der Waals surface area contributed by atoms with Crippen molar-refractivity contribution in [2.75, 3.05) is 26.2 Å². The number of piperidine rings is 2. The highest BCUT2D eigenvalue weighted by molar-refractivity contribution is 5.94. The molecule has 2 fully saturated rings. The summed E-state index contributed by atoms with van der Waals surface area (Å²) >= 11 is 0. The van der Waals surface area contributed by atoms with E-state index in [-0.39, 0.29) is 11.9 Å². The molecule has 0 aliphatic carbocycles. The standard InChI is InChI=1S/C32H40N4O/c37-32(34-31-17-21-36(22-18-31)25-28-9-5-2-6-10-28)29-13-11-26(12-14-29)23-33-30-15-19-35(20-16-30)24-27-7-3-1-4-8-27/h1-14,30-31,33H,15-25H2,(H,34,37). The molecular formula is C32H40N4O. The van der Waals surface area contributed by atoms with Crippen LogP contribution in [-0.2, 0) is 19.6 Å². The molecule has 5 nitrogen and oxygen atoms in total. The molecule has 0 aromatic heterocycles. The summed E-state index contributed by atoms with van der Waals surface area (Å²) in [4.78, 5) is 17.8. The van der Waals surface area contributed by atoms with E-state index in [2.05, 4.69) is 93.2 Å². The Kier molecular flexibility index (Phi) is 9.01. The summed E-state index contributed by atoms with van der Waals surface area (Å²) in [5.41, 5.74) is 4.74. The Balaban J connectivity index is 0.998. The Morgan fingerprint density at radius 2 is 1.11 bits per heavy atom. The van der Waals surface area contributed by atoms with Gasteiger partial charge in [0.25, 0.3) is 5.91 Å². The molecular weight excluding hydrogens is 456 g/mol. The van der Waals surface area contributed by atoms with E-state index in [4.69, 9.17) is 0 Å². The first-order valence-electron chi connectivity index (χ1n) is 13.9. The summed E-state index contributed by atoms with van der Waals surface area (Å²) in [6.07, 6.45) is 4.37. The molecule has 0 saturated carbocycles. The van der Waals surface area contributed by atoms with E-state index < -0.39 is 0 Å². The Morgan fingerprint density at radius 1 is 0.622 bits per heavy atom. The number of likely N-dealkylation sites (tertiary alicyclic amines) is 2. The fourth-order valence-corrected chi connectivity index (χ4v) is 5.52. The monoisotopic (exact) mass is 496 g/mol. The number of benzene rings is 3. The summed E-state index contributed by atoms with van der Waals surface area (Å²) in [5, 5.41) is 6.98. The van der Waals surface area contributed by atoms with Gasteiger partial charge in [0, 0.05) is 50.4 Å². The third-order valence-electron chi connectivity index (χ3n) is 7.82. The molecule has 2 heterocycles. The molecule has 0 unspecified atom stereocenters. The minimum atomic E-state index is 0.0480. The van der Waals surface area contributed by atoms with Crippen LogP contribution in [0.1, 0.15) is 52.7 Å². The summed E-state index contributed by atoms with van der Waals surface area (Å²) in [5.74, 6) is 0.0480. The van der Waals surface area contributed by atoms with Crippen molar-refractivity contribution in [3.63, 3.8) is 0 Å². The first-order valence-corrected chi connectivity index (χ1v) is 13.9. The van der Waals surface area contributed by atoms with Crippen molar-refractivity contribution in [1.29, 1.82) is 0 Å². The first-order chi connectivity index (χ1) is 18.2. The number of nitrogens with one attached hydrogen (secondary N) is 2. The number of hydrogen-bond acceptors (Lipinski definition) is 4. The molecule has 0 radical (unpaired) electrons. The SMILES string of the molecule is O=C(NC1CCN(Cc2ccccc2)CC1)c1ccc(CNC2CCN(Cc3ccccc3)CC2)cc1. The van der Waals surface area contributed by atoms with Crippen LogP contribution in [0.5, 0.6) is 0 Å². The van der Waals surface area contributed by atoms with E-state index in [0.717, 1.165) is 64.2 Å². The summed E-state index contributed by atoms with van der Waals surface area (Å²) in [7, 11) is 0. The molecule has 37 heavy (non-hydrogen) atoms. The van der Waals surface area contributed by atoms with Crippen LogP contribution in [0.15, 0.2) is 84.9 Å². The Morgan fingerprint density at radius 3 is 1.62 bits per heavy atom. The second-order valence-electron chi connectivity index (χ2n) is 10.6. The topological polar surface area (TPSA) is 47.6 Å². The smallest absolute Gasteiger partial charge is 0.251 e. The highest BCUT2D eigenvalue weighted by Gasteiger charge is 2.22. The van der Waals surface area contributed by atoms with Gasteiger partial charge < -0.3 is 10.6 Å². The quantitative estimate of drug-likeness (QED) is 0.445. The zero-order valence-electron chi connectivity index (χ0n) is 21.8. The van der Waals surface area contributed by atoms with Gasteiger partial charge in [-0.25, -0.2) is 0 Å². The van der Waals surface area contributed by atoms with Gasteiger partial charge in [-0.3, -0.25) is 14.6 Å². The largest absolute Gasteiger partial charge is 0.349 e. The maximum absolute atomic E-state index is 12.8. The molecule has 2 N–H and O–H groups in total. The van der Waals surface area contributed by atoms with Gasteiger partial charge in [-0.1, -0.05) is 72.8 Å². The number of rotatable bonds is 9. The fourth-order valence-electron chi connectivity index (χ4n) is 5.52. The van der Waals surface area contributed by atoms with Crippen LogP contribution in [0.25, 0.3) is 0 Å². The number of hydrogen-bond donors (Lipinski definition) is 2. The molecule has 3 aromatic carbocycles. The first kappa shape index (κ1) is 25.7. The molecule has 2 aliphatic heterocycles. The molecule has 0 spiro atoms. The van der Waals surface area contributed by atoms with Crippen LogP contribution < -0.4 is 10.6 Å². The lowest BCUT2D eigenvalue weighted by Crippen LogP contribution is -2.44. The van der Waals surface area contributed by atoms with Gasteiger partial charge in [-0.2, -0.15) is 0 Å². The van der Waals surface area contributed by atoms with E-state index in [0.29, 0.717) is 6.04 Å². The minimum absolute atomic E-state index is 0.0480. The number of amides is 1. The van der Waals surface area contributed by atoms with Crippen LogP contribution in [0.4, 0.5) is 0 Å². The number of carbonyl (C=O) groups is 1. The van der Waals surface area contributed by atoms with Crippen molar-refractivity contribution in [2.45, 2.75) is 57.4 Å². The van der Waals surface area contributed by atoms with E-state index in [1.165, 1.54) is 29.5 Å². The third-order valence-corrected chi connectivity index (χ3v) is 7.82. The van der Waals surface area contributed by atoms with Crippen LogP contribution in [0, 0.1) is 0 Å². The molecule has 1 amide bonds. The fraction of sp³-hybridized carbons (Fsp3) is 0.406. The zero-order chi connectivity index (χ0) is 25.3. The lowest BCUT2D eigenvalue weighted by molar-refractivity contribution is 0.0909. The normalized spacial score (nSPS) is 18.1. The Labute approximate surface area is 221 Å². The van der Waals surface area contributed by atoms with Gasteiger partial charge in [0.1, 0.15) is 0 Å². The summed E-state index contributed by atoms with van der Waals surface area (Å²) in [6.45, 7) is 7.21. The number of carbonyl (C=O) groups excluding carboxylic acids is 1. The predicted molar refractivity (Wildman–Crippen MR) is 150 cm³/mol. The average molecular weight is 497 g/mol. The summed E-state index contributed by atoms with van der Waals surface area (Å²) in [6, 6.07) is 30.3. The van der Waals surface area contributed by atoms with E-state index in [9.17, 15) is 4.79 Å². The van der Waals surface area contributed by atoms with Gasteiger partial charge >= 0.3 is 0 Å². The van der Waals surface area contributed by atoms with Gasteiger partial charge in [-0.15, -0.1) is 0 Å². The molecule has 5 heteroatoms. The molecule has 2 saturated heterocycles. The molecule has 0 bridgehead atoms. The maximum atomic E-state index is 12.8. The molecule has 0 atom stereocenters. The van der Waals surface area contributed by atoms with Crippen LogP contribution in [0.3, 0.4) is 0 Å². The van der Waals surface area contributed by atoms with Gasteiger partial charge in [0.15, 0.2) is 0 Å². The van der Waals surface area contributed by atoms with Crippen LogP contribution >= 0.6 is 0 Å². The van der Waals surface area contributed by atoms with Crippen molar-refractivity contribution in [3.05, 3.63) is 107 Å². The van der Waals surface area contributed by atoms with Crippen molar-refractivity contribution in [1.82, 2.24) is 20.4 Å². The van der Waals surface area contributed by atoms with Gasteiger partial charge in [0.05, 0.1) is 0 Å². The van der Waals surface area contributed by atoms with Crippen molar-refractivity contribution >= 4 is 5.91 Å². The van der Waals surface area contributed by atoms with Crippen LogP contribution in [0.2, 0.25) is 0 Å². The third kappa shape index (κ3) is 7.75. The summed E-state index contributed by atoms with van der Waals surface area (Å²) < 4.78 is 0.